The molecule has 3 unspecified atom stereocenters. The summed E-state index contributed by atoms with van der Waals surface area (Å²) in [5.41, 5.74) is 0. The third-order valence-electron chi connectivity index (χ3n) is 7.80. The minimum Gasteiger partial charge on any atom is -0.544 e. The lowest BCUT2D eigenvalue weighted by molar-refractivity contribution is -0.974. The summed E-state index contributed by atoms with van der Waals surface area (Å²) >= 11 is 0. The predicted octanol–water partition coefficient (Wildman–Crippen LogP) is 6.10. The molecule has 216 valence electrons. The highest BCUT2D eigenvalue weighted by molar-refractivity contribution is 5.77. The molecule has 0 aromatic carbocycles. The molecule has 0 aromatic heterocycles. The van der Waals surface area contributed by atoms with Crippen LogP contribution in [-0.4, -0.2) is 57.3 Å². The van der Waals surface area contributed by atoms with Crippen LogP contribution in [0.3, 0.4) is 0 Å². The van der Waals surface area contributed by atoms with Crippen molar-refractivity contribution in [2.75, 3.05) is 6.54 Å². The topological polar surface area (TPSA) is 115 Å². The highest BCUT2D eigenvalue weighted by atomic mass is 16.4. The Morgan fingerprint density at radius 1 is 0.622 bits per heavy atom. The number of carboxylic acids is 3. The molecule has 0 heterocycles. The molecule has 0 radical (unpaired) electrons. The Balaban J connectivity index is 4.75. The Morgan fingerprint density at radius 3 is 1.35 bits per heavy atom. The molecule has 0 saturated carbocycles. The molecule has 0 saturated heterocycles. The van der Waals surface area contributed by atoms with Crippen LogP contribution >= 0.6 is 0 Å². The number of unbranched alkanes of at least 4 members (excludes halogenated alkanes) is 12. The summed E-state index contributed by atoms with van der Waals surface area (Å²) in [7, 11) is 0. The predicted molar refractivity (Wildman–Crippen MR) is 147 cm³/mol. The van der Waals surface area contributed by atoms with Gasteiger partial charge in [0, 0.05) is 19.3 Å². The first kappa shape index (κ1) is 35.1. The van der Waals surface area contributed by atoms with Crippen molar-refractivity contribution < 1.29 is 34.2 Å². The van der Waals surface area contributed by atoms with Gasteiger partial charge in [-0.3, -0.25) is 4.48 Å². The Kier molecular flexibility index (Phi) is 20.0. The second-order valence-corrected chi connectivity index (χ2v) is 10.4. The minimum atomic E-state index is -1.37. The molecule has 37 heavy (non-hydrogen) atoms. The lowest BCUT2D eigenvalue weighted by Gasteiger charge is -2.51. The smallest absolute Gasteiger partial charge is 0.362 e. The van der Waals surface area contributed by atoms with E-state index in [2.05, 4.69) is 19.1 Å². The van der Waals surface area contributed by atoms with Gasteiger partial charge in [-0.05, 0) is 32.1 Å². The van der Waals surface area contributed by atoms with E-state index in [9.17, 15) is 29.7 Å². The van der Waals surface area contributed by atoms with Gasteiger partial charge in [0.25, 0.3) is 0 Å². The third-order valence-corrected chi connectivity index (χ3v) is 7.80. The molecule has 0 spiro atoms. The van der Waals surface area contributed by atoms with Gasteiger partial charge in [-0.25, -0.2) is 9.59 Å². The molecule has 7 heteroatoms. The van der Waals surface area contributed by atoms with Gasteiger partial charge in [-0.2, -0.15) is 0 Å². The van der Waals surface area contributed by atoms with Crippen LogP contribution in [0.15, 0.2) is 12.2 Å². The molecule has 0 aromatic rings. The van der Waals surface area contributed by atoms with Crippen LogP contribution in [0.2, 0.25) is 0 Å². The Hall–Kier alpha value is -1.89. The number of quaternary nitrogens is 1. The first-order valence-electron chi connectivity index (χ1n) is 14.9. The fraction of sp³-hybridized carbons (Fsp3) is 0.833. The minimum absolute atomic E-state index is 0.130. The Bertz CT molecular complexity index is 607. The maximum absolute atomic E-state index is 12.2. The van der Waals surface area contributed by atoms with E-state index in [0.717, 1.165) is 25.7 Å². The number of hydrogen-bond acceptors (Lipinski definition) is 4. The number of hydrogen-bond donors (Lipinski definition) is 2. The van der Waals surface area contributed by atoms with Crippen LogP contribution in [0.1, 0.15) is 137 Å². The second kappa shape index (κ2) is 21.1. The second-order valence-electron chi connectivity index (χ2n) is 10.4. The summed E-state index contributed by atoms with van der Waals surface area (Å²) in [6.07, 6.45) is 20.9. The normalized spacial score (nSPS) is 15.8. The average molecular weight is 526 g/mol. The van der Waals surface area contributed by atoms with E-state index in [1.807, 2.05) is 0 Å². The molecule has 7 nitrogen and oxygen atoms in total. The van der Waals surface area contributed by atoms with E-state index in [1.165, 1.54) is 57.8 Å². The number of aliphatic carboxylic acids is 3. The summed E-state index contributed by atoms with van der Waals surface area (Å²) in [4.78, 5) is 36.5. The van der Waals surface area contributed by atoms with Crippen LogP contribution in [0.5, 0.6) is 0 Å². The van der Waals surface area contributed by atoms with E-state index in [1.54, 1.807) is 20.8 Å². The van der Waals surface area contributed by atoms with E-state index < -0.39 is 40.5 Å². The molecule has 0 aliphatic heterocycles. The van der Waals surface area contributed by atoms with Gasteiger partial charge < -0.3 is 20.1 Å². The van der Waals surface area contributed by atoms with E-state index in [0.29, 0.717) is 6.42 Å². The van der Waals surface area contributed by atoms with Gasteiger partial charge in [-0.15, -0.1) is 0 Å². The number of rotatable bonds is 25. The van der Waals surface area contributed by atoms with Crippen LogP contribution in [0.4, 0.5) is 0 Å². The molecule has 0 aliphatic rings. The molecule has 3 atom stereocenters. The van der Waals surface area contributed by atoms with Crippen molar-refractivity contribution >= 4 is 17.9 Å². The quantitative estimate of drug-likeness (QED) is 0.0846. The van der Waals surface area contributed by atoms with Crippen LogP contribution in [-0.2, 0) is 14.4 Å². The van der Waals surface area contributed by atoms with Crippen LogP contribution in [0, 0.1) is 0 Å². The zero-order chi connectivity index (χ0) is 28.1. The fourth-order valence-corrected chi connectivity index (χ4v) is 5.88. The SMILES string of the molecule is CCCC/C=C/CCCCCCCCCCCC[N+](C(CC)C(=O)[O-])(C(CC)C(=O)O)C(CC)C(=O)O. The van der Waals surface area contributed by atoms with E-state index in [-0.39, 0.29) is 25.8 Å². The first-order valence-corrected chi connectivity index (χ1v) is 14.9. The molecule has 0 aliphatic carbocycles. The number of carbonyl (C=O) groups excluding carboxylic acids is 1. The van der Waals surface area contributed by atoms with Gasteiger partial charge in [0.1, 0.15) is 6.04 Å². The molecule has 0 bridgehead atoms. The van der Waals surface area contributed by atoms with Crippen molar-refractivity contribution in [1.29, 1.82) is 0 Å². The first-order chi connectivity index (χ1) is 17.7. The van der Waals surface area contributed by atoms with Gasteiger partial charge in [0.2, 0.25) is 0 Å². The van der Waals surface area contributed by atoms with Crippen molar-refractivity contribution in [2.24, 2.45) is 0 Å². The van der Waals surface area contributed by atoms with Gasteiger partial charge in [0.05, 0.1) is 12.5 Å². The van der Waals surface area contributed by atoms with Crippen molar-refractivity contribution in [3.63, 3.8) is 0 Å². The summed E-state index contributed by atoms with van der Waals surface area (Å²) in [6, 6.07) is -3.37. The number of nitrogens with zero attached hydrogens (tertiary/aromatic N) is 1. The van der Waals surface area contributed by atoms with Gasteiger partial charge in [-0.1, -0.05) is 97.6 Å². The molecule has 2 N–H and O–H groups in total. The van der Waals surface area contributed by atoms with E-state index in [4.69, 9.17) is 0 Å². The highest BCUT2D eigenvalue weighted by Gasteiger charge is 2.53. The van der Waals surface area contributed by atoms with Crippen molar-refractivity contribution in [3.8, 4) is 0 Å². The van der Waals surface area contributed by atoms with Crippen LogP contribution < -0.4 is 5.11 Å². The highest BCUT2D eigenvalue weighted by Crippen LogP contribution is 2.32. The lowest BCUT2D eigenvalue weighted by Crippen LogP contribution is -2.73. The molecule has 0 rings (SSSR count). The van der Waals surface area contributed by atoms with Crippen molar-refractivity contribution in [3.05, 3.63) is 12.2 Å². The molecular formula is C30H55NO6. The monoisotopic (exact) mass is 525 g/mol. The largest absolute Gasteiger partial charge is 0.544 e. The molecule has 0 fully saturated rings. The zero-order valence-corrected chi connectivity index (χ0v) is 24.1. The summed E-state index contributed by atoms with van der Waals surface area (Å²) in [5.74, 6) is -3.65. The molecule has 0 amide bonds. The number of carbonyl (C=O) groups is 3. The van der Waals surface area contributed by atoms with Gasteiger partial charge in [0.15, 0.2) is 12.1 Å². The van der Waals surface area contributed by atoms with Crippen molar-refractivity contribution in [2.45, 2.75) is 155 Å². The summed E-state index contributed by atoms with van der Waals surface area (Å²) in [5, 5.41) is 32.1. The molecular weight excluding hydrogens is 470 g/mol. The maximum atomic E-state index is 12.2. The Labute approximate surface area is 225 Å². The van der Waals surface area contributed by atoms with Gasteiger partial charge >= 0.3 is 11.9 Å². The third kappa shape index (κ3) is 12.5. The maximum Gasteiger partial charge on any atom is 0.362 e. The number of allylic oxidation sites excluding steroid dienone is 2. The Morgan fingerprint density at radius 2 is 1.00 bits per heavy atom. The summed E-state index contributed by atoms with van der Waals surface area (Å²) < 4.78 is -0.468. The lowest BCUT2D eigenvalue weighted by atomic mass is 9.93. The average Bonchev–Trinajstić information content (AvgIpc) is 2.84. The van der Waals surface area contributed by atoms with Crippen LogP contribution in [0.25, 0.3) is 0 Å². The number of carboxylic acid groups (broad SMARTS) is 3. The van der Waals surface area contributed by atoms with Crippen molar-refractivity contribution in [1.82, 2.24) is 0 Å². The zero-order valence-electron chi connectivity index (χ0n) is 24.1. The standard InChI is InChI=1S/C30H55NO6/c1-5-9-10-11-12-13-14-15-16-17-18-19-20-21-22-23-24-31(25(6-2)28(32)33,26(7-3)29(34)35)27(8-4)30(36)37/h11-12,25-27H,5-10,13-24H2,1-4H3,(H2-,32,33,34,35,36,37)/b12-11+. The summed E-state index contributed by atoms with van der Waals surface area (Å²) in [6.45, 7) is 7.47. The van der Waals surface area contributed by atoms with E-state index >= 15 is 0 Å². The fourth-order valence-electron chi connectivity index (χ4n) is 5.88.